The monoisotopic (exact) mass is 269 g/mol. The van der Waals surface area contributed by atoms with Crippen LogP contribution in [0.5, 0.6) is 11.5 Å². The van der Waals surface area contributed by atoms with E-state index in [0.29, 0.717) is 5.92 Å². The second-order valence-electron chi connectivity index (χ2n) is 5.66. The number of nitrogens with two attached hydrogens (primary N) is 1. The molecule has 0 fully saturated rings. The van der Waals surface area contributed by atoms with E-state index in [9.17, 15) is 0 Å². The Balaban J connectivity index is 2.34. The van der Waals surface area contributed by atoms with Crippen molar-refractivity contribution in [2.24, 2.45) is 5.73 Å². The smallest absolute Gasteiger partial charge is 0.131 e. The van der Waals surface area contributed by atoms with Crippen LogP contribution in [0, 0.1) is 6.92 Å². The van der Waals surface area contributed by atoms with E-state index in [1.165, 1.54) is 11.1 Å². The SMILES string of the molecule is Cc1ccc(C(C)C)c(Oc2cccc(C(C)N)c2)c1. The average molecular weight is 269 g/mol. The minimum Gasteiger partial charge on any atom is -0.457 e. The van der Waals surface area contributed by atoms with Gasteiger partial charge in [-0.15, -0.1) is 0 Å². The Morgan fingerprint density at radius 3 is 2.40 bits per heavy atom. The largest absolute Gasteiger partial charge is 0.457 e. The number of hydrogen-bond donors (Lipinski definition) is 1. The van der Waals surface area contributed by atoms with Crippen LogP contribution in [0.3, 0.4) is 0 Å². The van der Waals surface area contributed by atoms with Crippen molar-refractivity contribution in [2.45, 2.75) is 39.7 Å². The maximum atomic E-state index is 6.09. The van der Waals surface area contributed by atoms with Crippen molar-refractivity contribution in [3.8, 4) is 11.5 Å². The first-order valence-electron chi connectivity index (χ1n) is 7.11. The van der Waals surface area contributed by atoms with Crippen LogP contribution in [0.1, 0.15) is 49.4 Å². The molecule has 0 amide bonds. The van der Waals surface area contributed by atoms with Crippen LogP contribution in [0.25, 0.3) is 0 Å². The molecule has 106 valence electrons. The standard InChI is InChI=1S/C18H23NO/c1-12(2)17-9-8-13(3)10-18(17)20-16-7-5-6-15(11-16)14(4)19/h5-12,14H,19H2,1-4H3. The van der Waals surface area contributed by atoms with E-state index in [1.54, 1.807) is 0 Å². The highest BCUT2D eigenvalue weighted by Gasteiger charge is 2.10. The van der Waals surface area contributed by atoms with E-state index >= 15 is 0 Å². The molecule has 2 aromatic carbocycles. The zero-order chi connectivity index (χ0) is 14.7. The summed E-state index contributed by atoms with van der Waals surface area (Å²) < 4.78 is 6.09. The maximum Gasteiger partial charge on any atom is 0.131 e. The normalized spacial score (nSPS) is 12.5. The second-order valence-corrected chi connectivity index (χ2v) is 5.66. The molecule has 2 N–H and O–H groups in total. The number of hydrogen-bond acceptors (Lipinski definition) is 2. The van der Waals surface area contributed by atoms with Crippen molar-refractivity contribution in [1.82, 2.24) is 0 Å². The highest BCUT2D eigenvalue weighted by Crippen LogP contribution is 2.32. The van der Waals surface area contributed by atoms with Crippen molar-refractivity contribution in [2.75, 3.05) is 0 Å². The molecule has 2 heteroatoms. The third-order valence-electron chi connectivity index (χ3n) is 3.40. The summed E-state index contributed by atoms with van der Waals surface area (Å²) in [6.07, 6.45) is 0. The van der Waals surface area contributed by atoms with Crippen molar-refractivity contribution >= 4 is 0 Å². The summed E-state index contributed by atoms with van der Waals surface area (Å²) in [5.74, 6) is 2.20. The third kappa shape index (κ3) is 3.40. The summed E-state index contributed by atoms with van der Waals surface area (Å²) in [5, 5.41) is 0. The van der Waals surface area contributed by atoms with E-state index in [1.807, 2.05) is 31.2 Å². The molecule has 0 saturated carbocycles. The molecule has 0 saturated heterocycles. The topological polar surface area (TPSA) is 35.2 Å². The minimum absolute atomic E-state index is 0.0145. The number of rotatable bonds is 4. The van der Waals surface area contributed by atoms with Gasteiger partial charge in [-0.1, -0.05) is 38.1 Å². The predicted octanol–water partition coefficient (Wildman–Crippen LogP) is 4.93. The van der Waals surface area contributed by atoms with Gasteiger partial charge >= 0.3 is 0 Å². The Labute approximate surface area is 121 Å². The van der Waals surface area contributed by atoms with Gasteiger partial charge in [-0.3, -0.25) is 0 Å². The average Bonchev–Trinajstić information content (AvgIpc) is 2.38. The van der Waals surface area contributed by atoms with Crippen molar-refractivity contribution in [3.63, 3.8) is 0 Å². The quantitative estimate of drug-likeness (QED) is 0.854. The van der Waals surface area contributed by atoms with Crippen LogP contribution in [0.15, 0.2) is 42.5 Å². The lowest BCUT2D eigenvalue weighted by Crippen LogP contribution is -2.04. The Morgan fingerprint density at radius 1 is 1.00 bits per heavy atom. The highest BCUT2D eigenvalue weighted by atomic mass is 16.5. The number of aryl methyl sites for hydroxylation is 1. The van der Waals surface area contributed by atoms with E-state index in [4.69, 9.17) is 10.5 Å². The fraction of sp³-hybridized carbons (Fsp3) is 0.333. The van der Waals surface area contributed by atoms with Gasteiger partial charge in [0.2, 0.25) is 0 Å². The van der Waals surface area contributed by atoms with Gasteiger partial charge in [0.25, 0.3) is 0 Å². The summed E-state index contributed by atoms with van der Waals surface area (Å²) in [6.45, 7) is 8.41. The molecule has 0 bridgehead atoms. The lowest BCUT2D eigenvalue weighted by molar-refractivity contribution is 0.471. The lowest BCUT2D eigenvalue weighted by atomic mass is 10.0. The van der Waals surface area contributed by atoms with E-state index < -0.39 is 0 Å². The first-order valence-corrected chi connectivity index (χ1v) is 7.11. The first kappa shape index (κ1) is 14.6. The number of ether oxygens (including phenoxy) is 1. The fourth-order valence-corrected chi connectivity index (χ4v) is 2.20. The van der Waals surface area contributed by atoms with E-state index in [0.717, 1.165) is 17.1 Å². The summed E-state index contributed by atoms with van der Waals surface area (Å²) in [7, 11) is 0. The zero-order valence-electron chi connectivity index (χ0n) is 12.7. The van der Waals surface area contributed by atoms with Gasteiger partial charge in [-0.05, 0) is 54.7 Å². The first-order chi connectivity index (χ1) is 9.47. The van der Waals surface area contributed by atoms with Crippen molar-refractivity contribution in [3.05, 3.63) is 59.2 Å². The fourth-order valence-electron chi connectivity index (χ4n) is 2.20. The Bertz CT molecular complexity index is 588. The molecular formula is C18H23NO. The summed E-state index contributed by atoms with van der Waals surface area (Å²) in [6, 6.07) is 14.4. The molecule has 0 aliphatic heterocycles. The lowest BCUT2D eigenvalue weighted by Gasteiger charge is -2.15. The van der Waals surface area contributed by atoms with E-state index in [2.05, 4.69) is 39.0 Å². The molecular weight excluding hydrogens is 246 g/mol. The Hall–Kier alpha value is -1.80. The van der Waals surface area contributed by atoms with Crippen molar-refractivity contribution in [1.29, 1.82) is 0 Å². The van der Waals surface area contributed by atoms with Crippen LogP contribution in [-0.4, -0.2) is 0 Å². The molecule has 20 heavy (non-hydrogen) atoms. The van der Waals surface area contributed by atoms with Gasteiger partial charge in [0.15, 0.2) is 0 Å². The molecule has 0 heterocycles. The minimum atomic E-state index is 0.0145. The van der Waals surface area contributed by atoms with Crippen LogP contribution in [0.4, 0.5) is 0 Å². The van der Waals surface area contributed by atoms with Gasteiger partial charge in [0.05, 0.1) is 0 Å². The van der Waals surface area contributed by atoms with Gasteiger partial charge in [0.1, 0.15) is 11.5 Å². The Kier molecular flexibility index (Phi) is 4.46. The summed E-state index contributed by atoms with van der Waals surface area (Å²) in [4.78, 5) is 0. The zero-order valence-corrected chi connectivity index (χ0v) is 12.7. The highest BCUT2D eigenvalue weighted by molar-refractivity contribution is 5.43. The number of benzene rings is 2. The molecule has 0 aromatic heterocycles. The molecule has 2 aromatic rings. The van der Waals surface area contributed by atoms with Gasteiger partial charge in [-0.2, -0.15) is 0 Å². The van der Waals surface area contributed by atoms with E-state index in [-0.39, 0.29) is 6.04 Å². The molecule has 2 rings (SSSR count). The van der Waals surface area contributed by atoms with Crippen LogP contribution >= 0.6 is 0 Å². The molecule has 0 radical (unpaired) electrons. The molecule has 1 atom stereocenters. The third-order valence-corrected chi connectivity index (χ3v) is 3.40. The van der Waals surface area contributed by atoms with Crippen LogP contribution in [-0.2, 0) is 0 Å². The van der Waals surface area contributed by atoms with Crippen molar-refractivity contribution < 1.29 is 4.74 Å². The predicted molar refractivity (Wildman–Crippen MR) is 84.4 cm³/mol. The molecule has 0 aliphatic rings. The van der Waals surface area contributed by atoms with Crippen LogP contribution < -0.4 is 10.5 Å². The van der Waals surface area contributed by atoms with Gasteiger partial charge < -0.3 is 10.5 Å². The second kappa shape index (κ2) is 6.10. The summed E-state index contributed by atoms with van der Waals surface area (Å²) in [5.41, 5.74) is 9.43. The molecule has 0 aliphatic carbocycles. The van der Waals surface area contributed by atoms with Gasteiger partial charge in [0, 0.05) is 6.04 Å². The molecule has 1 unspecified atom stereocenters. The van der Waals surface area contributed by atoms with Gasteiger partial charge in [-0.25, -0.2) is 0 Å². The molecule has 2 nitrogen and oxygen atoms in total. The summed E-state index contributed by atoms with van der Waals surface area (Å²) >= 11 is 0. The molecule has 0 spiro atoms. The maximum absolute atomic E-state index is 6.09. The van der Waals surface area contributed by atoms with Crippen LogP contribution in [0.2, 0.25) is 0 Å². The Morgan fingerprint density at radius 2 is 1.75 bits per heavy atom.